The average Bonchev–Trinajstić information content (AvgIpc) is 2.37. The first kappa shape index (κ1) is 14.5. The fourth-order valence-electron chi connectivity index (χ4n) is 1.75. The van der Waals surface area contributed by atoms with Crippen LogP contribution in [0.4, 0.5) is 0 Å². The van der Waals surface area contributed by atoms with E-state index in [9.17, 15) is 14.7 Å². The van der Waals surface area contributed by atoms with Gasteiger partial charge in [-0.25, -0.2) is 4.79 Å². The van der Waals surface area contributed by atoms with E-state index >= 15 is 0 Å². The molecule has 0 amide bonds. The standard InChI is InChI=1S/C14H14O5S/c1-8(14(17)18)6-20-7-9-4-13(16)19-12-5-10(15)2-3-11(9)12/h2-5,8,15H,6-7H2,1H3,(H,17,18). The fraction of sp³-hybridized carbons (Fsp3) is 0.286. The summed E-state index contributed by atoms with van der Waals surface area (Å²) in [6.45, 7) is 1.64. The topological polar surface area (TPSA) is 87.7 Å². The molecule has 1 heterocycles. The highest BCUT2D eigenvalue weighted by molar-refractivity contribution is 7.98. The first-order chi connectivity index (χ1) is 9.47. The predicted molar refractivity (Wildman–Crippen MR) is 77.1 cm³/mol. The molecule has 6 heteroatoms. The molecular weight excluding hydrogens is 280 g/mol. The van der Waals surface area contributed by atoms with Crippen molar-refractivity contribution < 1.29 is 19.4 Å². The molecule has 106 valence electrons. The third-order valence-electron chi connectivity index (χ3n) is 2.86. The van der Waals surface area contributed by atoms with Crippen molar-refractivity contribution in [2.75, 3.05) is 5.75 Å². The molecule has 2 aromatic rings. The maximum Gasteiger partial charge on any atom is 0.336 e. The minimum Gasteiger partial charge on any atom is -0.508 e. The number of aromatic hydroxyl groups is 1. The second kappa shape index (κ2) is 6.00. The molecule has 0 radical (unpaired) electrons. The summed E-state index contributed by atoms with van der Waals surface area (Å²) in [7, 11) is 0. The van der Waals surface area contributed by atoms with Gasteiger partial charge in [0.1, 0.15) is 11.3 Å². The van der Waals surface area contributed by atoms with Gasteiger partial charge in [-0.3, -0.25) is 4.79 Å². The van der Waals surface area contributed by atoms with Crippen LogP contribution in [0.3, 0.4) is 0 Å². The van der Waals surface area contributed by atoms with E-state index in [1.54, 1.807) is 13.0 Å². The molecule has 0 aliphatic rings. The Morgan fingerprint density at radius 3 is 2.85 bits per heavy atom. The minimum absolute atomic E-state index is 0.0324. The van der Waals surface area contributed by atoms with E-state index in [-0.39, 0.29) is 5.75 Å². The zero-order valence-electron chi connectivity index (χ0n) is 10.8. The van der Waals surface area contributed by atoms with Crippen LogP contribution in [0.15, 0.2) is 33.5 Å². The highest BCUT2D eigenvalue weighted by Gasteiger charge is 2.12. The molecule has 1 aromatic heterocycles. The number of phenolic OH excluding ortho intramolecular Hbond substituents is 1. The quantitative estimate of drug-likeness (QED) is 0.824. The lowest BCUT2D eigenvalue weighted by Crippen LogP contribution is -2.12. The second-order valence-electron chi connectivity index (χ2n) is 4.53. The molecule has 0 spiro atoms. The van der Waals surface area contributed by atoms with Crippen LogP contribution in [0.2, 0.25) is 0 Å². The minimum atomic E-state index is -0.833. The molecule has 0 aliphatic carbocycles. The number of hydrogen-bond donors (Lipinski definition) is 2. The van der Waals surface area contributed by atoms with Crippen LogP contribution in [0.5, 0.6) is 5.75 Å². The first-order valence-corrected chi connectivity index (χ1v) is 7.19. The average molecular weight is 294 g/mol. The van der Waals surface area contributed by atoms with E-state index in [1.165, 1.54) is 30.0 Å². The number of carboxylic acid groups (broad SMARTS) is 1. The second-order valence-corrected chi connectivity index (χ2v) is 5.56. The van der Waals surface area contributed by atoms with Gasteiger partial charge in [-0.1, -0.05) is 6.92 Å². The van der Waals surface area contributed by atoms with Crippen LogP contribution < -0.4 is 5.63 Å². The van der Waals surface area contributed by atoms with E-state index in [2.05, 4.69) is 0 Å². The van der Waals surface area contributed by atoms with Gasteiger partial charge in [0.2, 0.25) is 0 Å². The third kappa shape index (κ3) is 3.33. The Morgan fingerprint density at radius 1 is 1.40 bits per heavy atom. The van der Waals surface area contributed by atoms with Crippen molar-refractivity contribution in [2.45, 2.75) is 12.7 Å². The summed E-state index contributed by atoms with van der Waals surface area (Å²) in [6, 6.07) is 6.00. The molecule has 5 nitrogen and oxygen atoms in total. The van der Waals surface area contributed by atoms with Crippen molar-refractivity contribution in [1.29, 1.82) is 0 Å². The molecule has 0 saturated carbocycles. The molecule has 1 aromatic carbocycles. The van der Waals surface area contributed by atoms with Crippen molar-refractivity contribution in [3.63, 3.8) is 0 Å². The number of thioether (sulfide) groups is 1. The number of hydrogen-bond acceptors (Lipinski definition) is 5. The normalized spacial score (nSPS) is 12.4. The maximum atomic E-state index is 11.5. The van der Waals surface area contributed by atoms with Crippen LogP contribution in [0.25, 0.3) is 11.0 Å². The zero-order valence-corrected chi connectivity index (χ0v) is 11.6. The SMILES string of the molecule is CC(CSCc1cc(=O)oc2cc(O)ccc12)C(=O)O. The zero-order chi connectivity index (χ0) is 14.7. The summed E-state index contributed by atoms with van der Waals surface area (Å²) < 4.78 is 5.03. The van der Waals surface area contributed by atoms with Gasteiger partial charge in [0.25, 0.3) is 0 Å². The Labute approximate surface area is 119 Å². The Morgan fingerprint density at radius 2 is 2.15 bits per heavy atom. The van der Waals surface area contributed by atoms with Crippen LogP contribution in [0.1, 0.15) is 12.5 Å². The van der Waals surface area contributed by atoms with E-state index in [4.69, 9.17) is 9.52 Å². The Balaban J connectivity index is 2.21. The molecule has 20 heavy (non-hydrogen) atoms. The Bertz CT molecular complexity index is 692. The van der Waals surface area contributed by atoms with E-state index in [0.717, 1.165) is 10.9 Å². The summed E-state index contributed by atoms with van der Waals surface area (Å²) in [5.74, 6) is -0.250. The molecule has 2 rings (SSSR count). The molecule has 1 atom stereocenters. The van der Waals surface area contributed by atoms with Gasteiger partial charge in [-0.15, -0.1) is 0 Å². The van der Waals surface area contributed by atoms with E-state index in [0.29, 0.717) is 17.1 Å². The Kier molecular flexibility index (Phi) is 4.34. The summed E-state index contributed by atoms with van der Waals surface area (Å²) in [5.41, 5.74) is 0.628. The number of rotatable bonds is 5. The van der Waals surface area contributed by atoms with Crippen LogP contribution in [-0.4, -0.2) is 21.9 Å². The smallest absolute Gasteiger partial charge is 0.336 e. The van der Waals surface area contributed by atoms with Crippen molar-refractivity contribution in [2.24, 2.45) is 5.92 Å². The van der Waals surface area contributed by atoms with Crippen molar-refractivity contribution in [3.05, 3.63) is 40.2 Å². The largest absolute Gasteiger partial charge is 0.508 e. The van der Waals surface area contributed by atoms with Crippen molar-refractivity contribution in [1.82, 2.24) is 0 Å². The van der Waals surface area contributed by atoms with Gasteiger partial charge in [-0.05, 0) is 17.7 Å². The molecule has 2 N–H and O–H groups in total. The van der Waals surface area contributed by atoms with Crippen molar-refractivity contribution in [3.8, 4) is 5.75 Å². The number of carboxylic acids is 1. The summed E-state index contributed by atoms with van der Waals surface area (Å²) >= 11 is 1.45. The lowest BCUT2D eigenvalue weighted by atomic mass is 10.1. The highest BCUT2D eigenvalue weighted by Crippen LogP contribution is 2.25. The third-order valence-corrected chi connectivity index (χ3v) is 4.11. The number of carbonyl (C=O) groups is 1. The van der Waals surface area contributed by atoms with Gasteiger partial charge < -0.3 is 14.6 Å². The summed E-state index contributed by atoms with van der Waals surface area (Å²) in [6.07, 6.45) is 0. The molecule has 1 unspecified atom stereocenters. The Hall–Kier alpha value is -1.95. The van der Waals surface area contributed by atoms with Gasteiger partial charge in [0, 0.05) is 29.0 Å². The molecule has 0 fully saturated rings. The van der Waals surface area contributed by atoms with Crippen LogP contribution in [0, 0.1) is 5.92 Å². The van der Waals surface area contributed by atoms with Gasteiger partial charge in [-0.2, -0.15) is 11.8 Å². The molecule has 0 saturated heterocycles. The number of fused-ring (bicyclic) bond motifs is 1. The predicted octanol–water partition coefficient (Wildman–Crippen LogP) is 2.45. The lowest BCUT2D eigenvalue weighted by molar-refractivity contribution is -0.140. The van der Waals surface area contributed by atoms with Gasteiger partial charge >= 0.3 is 11.6 Å². The number of phenols is 1. The highest BCUT2D eigenvalue weighted by atomic mass is 32.2. The number of aliphatic carboxylic acids is 1. The molecule has 0 aliphatic heterocycles. The van der Waals surface area contributed by atoms with Crippen LogP contribution >= 0.6 is 11.8 Å². The van der Waals surface area contributed by atoms with Gasteiger partial charge in [0.15, 0.2) is 0 Å². The maximum absolute atomic E-state index is 11.5. The van der Waals surface area contributed by atoms with Crippen LogP contribution in [-0.2, 0) is 10.5 Å². The lowest BCUT2D eigenvalue weighted by Gasteiger charge is -2.07. The number of benzene rings is 1. The first-order valence-electron chi connectivity index (χ1n) is 6.03. The molecule has 0 bridgehead atoms. The summed E-state index contributed by atoms with van der Waals surface area (Å²) in [5, 5.41) is 19.0. The summed E-state index contributed by atoms with van der Waals surface area (Å²) in [4.78, 5) is 22.2. The van der Waals surface area contributed by atoms with E-state index < -0.39 is 17.5 Å². The fourth-order valence-corrected chi connectivity index (χ4v) is 2.83. The monoisotopic (exact) mass is 294 g/mol. The molecular formula is C14H14O5S. The van der Waals surface area contributed by atoms with E-state index in [1.807, 2.05) is 0 Å². The van der Waals surface area contributed by atoms with Gasteiger partial charge in [0.05, 0.1) is 5.92 Å². The van der Waals surface area contributed by atoms with Crippen molar-refractivity contribution >= 4 is 28.7 Å².